The minimum Gasteiger partial charge on any atom is -0.457 e. The van der Waals surface area contributed by atoms with Crippen molar-refractivity contribution in [3.63, 3.8) is 0 Å². The van der Waals surface area contributed by atoms with Crippen LogP contribution >= 0.6 is 0 Å². The van der Waals surface area contributed by atoms with Crippen LogP contribution in [0.15, 0.2) is 0 Å². The highest BCUT2D eigenvalue weighted by molar-refractivity contribution is 5.69. The van der Waals surface area contributed by atoms with Gasteiger partial charge in [-0.2, -0.15) is 0 Å². The zero-order valence-electron chi connectivity index (χ0n) is 18.8. The zero-order chi connectivity index (χ0) is 22.6. The molecule has 0 radical (unpaired) electrons. The fraction of sp³-hybridized carbons (Fsp3) is 0.905. The summed E-state index contributed by atoms with van der Waals surface area (Å²) in [4.78, 5) is 23.1. The van der Waals surface area contributed by atoms with Crippen LogP contribution < -0.4 is 5.32 Å². The van der Waals surface area contributed by atoms with Gasteiger partial charge in [0, 0.05) is 13.0 Å². The maximum atomic E-state index is 11.9. The summed E-state index contributed by atoms with van der Waals surface area (Å²) in [5.41, 5.74) is 0. The van der Waals surface area contributed by atoms with Crippen molar-refractivity contribution >= 4 is 12.1 Å². The second-order valence-electron chi connectivity index (χ2n) is 7.13. The Balaban J connectivity index is 4.18. The van der Waals surface area contributed by atoms with Crippen LogP contribution in [-0.2, 0) is 23.7 Å². The summed E-state index contributed by atoms with van der Waals surface area (Å²) >= 11 is 0. The van der Waals surface area contributed by atoms with Gasteiger partial charge in [0.1, 0.15) is 18.8 Å². The first kappa shape index (κ1) is 28.6. The van der Waals surface area contributed by atoms with Gasteiger partial charge in [-0.05, 0) is 19.8 Å². The third kappa shape index (κ3) is 16.4. The lowest BCUT2D eigenvalue weighted by Crippen LogP contribution is -2.33. The van der Waals surface area contributed by atoms with Gasteiger partial charge in [0.15, 0.2) is 6.29 Å². The van der Waals surface area contributed by atoms with E-state index in [9.17, 15) is 19.8 Å². The highest BCUT2D eigenvalue weighted by Crippen LogP contribution is 2.10. The van der Waals surface area contributed by atoms with Crippen LogP contribution in [0.5, 0.6) is 0 Å². The standard InChI is InChI=1S/C21H41NO8/c1-4-7-8-9-10-12-19(25)30-18(13-23)16-28-20(11-5-2)27-14-17(24)15-29-21(26)22-6-3/h17-18,20,23-24H,4-16H2,1-3H3,(H,22,26). The lowest BCUT2D eigenvalue weighted by Gasteiger charge is -2.23. The van der Waals surface area contributed by atoms with Gasteiger partial charge < -0.3 is 34.5 Å². The van der Waals surface area contributed by atoms with Gasteiger partial charge in [0.2, 0.25) is 0 Å². The molecule has 0 aromatic rings. The van der Waals surface area contributed by atoms with Crippen LogP contribution in [0.2, 0.25) is 0 Å². The van der Waals surface area contributed by atoms with E-state index in [0.717, 1.165) is 38.5 Å². The Morgan fingerprint density at radius 2 is 1.63 bits per heavy atom. The van der Waals surface area contributed by atoms with Crippen molar-refractivity contribution in [3.05, 3.63) is 0 Å². The summed E-state index contributed by atoms with van der Waals surface area (Å²) in [7, 11) is 0. The molecule has 178 valence electrons. The van der Waals surface area contributed by atoms with Gasteiger partial charge in [0.25, 0.3) is 0 Å². The molecule has 0 aliphatic rings. The van der Waals surface area contributed by atoms with Gasteiger partial charge in [0.05, 0.1) is 19.8 Å². The molecule has 0 saturated carbocycles. The number of esters is 1. The number of alkyl carbamates (subject to hydrolysis) is 1. The minimum atomic E-state index is -0.991. The summed E-state index contributed by atoms with van der Waals surface area (Å²) < 4.78 is 21.3. The minimum absolute atomic E-state index is 0.00571. The fourth-order valence-corrected chi connectivity index (χ4v) is 2.54. The Kier molecular flexibility index (Phi) is 18.6. The number of amides is 1. The molecule has 0 spiro atoms. The Hall–Kier alpha value is -1.42. The molecule has 3 N–H and O–H groups in total. The molecule has 0 aromatic carbocycles. The first-order valence-electron chi connectivity index (χ1n) is 11.1. The molecule has 0 saturated heterocycles. The summed E-state index contributed by atoms with van der Waals surface area (Å²) in [5.74, 6) is -0.347. The molecule has 0 heterocycles. The van der Waals surface area contributed by atoms with Crippen LogP contribution in [-0.4, -0.2) is 73.7 Å². The molecule has 0 fully saturated rings. The predicted molar refractivity (Wildman–Crippen MR) is 112 cm³/mol. The third-order valence-electron chi connectivity index (χ3n) is 4.18. The van der Waals surface area contributed by atoms with Crippen molar-refractivity contribution in [2.24, 2.45) is 0 Å². The number of carbonyl (C=O) groups is 2. The maximum absolute atomic E-state index is 11.9. The second kappa shape index (κ2) is 19.5. The SMILES string of the molecule is CCCCCCCC(=O)OC(CO)COC(CCC)OCC(O)COC(=O)NCC. The number of carbonyl (C=O) groups excluding carboxylic acids is 2. The molecular formula is C21H41NO8. The Labute approximate surface area is 180 Å². The first-order valence-corrected chi connectivity index (χ1v) is 11.1. The molecule has 0 rings (SSSR count). The summed E-state index contributed by atoms with van der Waals surface area (Å²) in [6.45, 7) is 5.67. The molecule has 1 amide bonds. The van der Waals surface area contributed by atoms with Crippen LogP contribution in [0.1, 0.15) is 72.1 Å². The smallest absolute Gasteiger partial charge is 0.407 e. The number of hydrogen-bond acceptors (Lipinski definition) is 8. The van der Waals surface area contributed by atoms with E-state index in [-0.39, 0.29) is 32.4 Å². The van der Waals surface area contributed by atoms with Gasteiger partial charge >= 0.3 is 12.1 Å². The molecule has 9 nitrogen and oxygen atoms in total. The number of nitrogens with one attached hydrogen (secondary N) is 1. The Morgan fingerprint density at radius 3 is 2.27 bits per heavy atom. The molecule has 0 aliphatic heterocycles. The predicted octanol–water partition coefficient (Wildman–Crippen LogP) is 2.52. The van der Waals surface area contributed by atoms with E-state index >= 15 is 0 Å². The van der Waals surface area contributed by atoms with Gasteiger partial charge in [-0.25, -0.2) is 4.79 Å². The van der Waals surface area contributed by atoms with E-state index in [0.29, 0.717) is 19.4 Å². The number of hydrogen-bond donors (Lipinski definition) is 3. The van der Waals surface area contributed by atoms with Crippen molar-refractivity contribution in [2.75, 3.05) is 33.0 Å². The zero-order valence-corrected chi connectivity index (χ0v) is 18.8. The lowest BCUT2D eigenvalue weighted by molar-refractivity contribution is -0.187. The number of rotatable bonds is 19. The molecule has 9 heteroatoms. The largest absolute Gasteiger partial charge is 0.457 e. The summed E-state index contributed by atoms with van der Waals surface area (Å²) in [6, 6.07) is 0. The first-order chi connectivity index (χ1) is 14.5. The van der Waals surface area contributed by atoms with Crippen LogP contribution in [0.3, 0.4) is 0 Å². The summed E-state index contributed by atoms with van der Waals surface area (Å²) in [5, 5.41) is 21.8. The van der Waals surface area contributed by atoms with E-state index in [1.54, 1.807) is 6.92 Å². The molecule has 30 heavy (non-hydrogen) atoms. The maximum Gasteiger partial charge on any atom is 0.407 e. The molecule has 0 aliphatic carbocycles. The van der Waals surface area contributed by atoms with Crippen molar-refractivity contribution in [2.45, 2.75) is 90.6 Å². The lowest BCUT2D eigenvalue weighted by atomic mass is 10.1. The monoisotopic (exact) mass is 435 g/mol. The van der Waals surface area contributed by atoms with Gasteiger partial charge in [-0.1, -0.05) is 46.0 Å². The molecule has 0 aromatic heterocycles. The van der Waals surface area contributed by atoms with Crippen molar-refractivity contribution in [1.82, 2.24) is 5.32 Å². The Bertz CT molecular complexity index is 435. The van der Waals surface area contributed by atoms with Crippen molar-refractivity contribution < 1.29 is 38.7 Å². The molecule has 3 atom stereocenters. The average Bonchev–Trinajstić information content (AvgIpc) is 2.73. The van der Waals surface area contributed by atoms with Gasteiger partial charge in [-0.3, -0.25) is 4.79 Å². The molecule has 0 bridgehead atoms. The topological polar surface area (TPSA) is 124 Å². The van der Waals surface area contributed by atoms with Crippen LogP contribution in [0.4, 0.5) is 4.79 Å². The normalized spacial score (nSPS) is 14.0. The van der Waals surface area contributed by atoms with E-state index in [1.165, 1.54) is 0 Å². The fourth-order valence-electron chi connectivity index (χ4n) is 2.54. The second-order valence-corrected chi connectivity index (χ2v) is 7.13. The molecular weight excluding hydrogens is 394 g/mol. The van der Waals surface area contributed by atoms with E-state index < -0.39 is 24.6 Å². The van der Waals surface area contributed by atoms with E-state index in [2.05, 4.69) is 12.2 Å². The van der Waals surface area contributed by atoms with Crippen LogP contribution in [0, 0.1) is 0 Å². The average molecular weight is 436 g/mol. The number of aliphatic hydroxyl groups is 2. The number of aliphatic hydroxyl groups excluding tert-OH is 2. The highest BCUT2D eigenvalue weighted by atomic mass is 16.7. The van der Waals surface area contributed by atoms with Crippen LogP contribution in [0.25, 0.3) is 0 Å². The summed E-state index contributed by atoms with van der Waals surface area (Å²) in [6.07, 6.45) is 3.85. The van der Waals surface area contributed by atoms with Crippen molar-refractivity contribution in [1.29, 1.82) is 0 Å². The number of unbranched alkanes of at least 4 members (excludes halogenated alkanes) is 4. The third-order valence-corrected chi connectivity index (χ3v) is 4.18. The molecule has 3 unspecified atom stereocenters. The Morgan fingerprint density at radius 1 is 0.933 bits per heavy atom. The quantitative estimate of drug-likeness (QED) is 0.161. The van der Waals surface area contributed by atoms with E-state index in [1.807, 2.05) is 6.92 Å². The van der Waals surface area contributed by atoms with Crippen molar-refractivity contribution in [3.8, 4) is 0 Å². The van der Waals surface area contributed by atoms with E-state index in [4.69, 9.17) is 18.9 Å². The highest BCUT2D eigenvalue weighted by Gasteiger charge is 2.18. The number of ether oxygens (including phenoxy) is 4. The van der Waals surface area contributed by atoms with Gasteiger partial charge in [-0.15, -0.1) is 0 Å².